The van der Waals surface area contributed by atoms with Gasteiger partial charge in [-0.2, -0.15) is 0 Å². The number of carbonyl (C=O) groups is 1. The molecule has 3 aliphatic rings. The highest BCUT2D eigenvalue weighted by atomic mass is 16.2. The number of nitrogens with zero attached hydrogens (tertiary/aromatic N) is 1. The van der Waals surface area contributed by atoms with Crippen LogP contribution in [0.3, 0.4) is 0 Å². The highest BCUT2D eigenvalue weighted by molar-refractivity contribution is 5.76. The molecule has 0 unspecified atom stereocenters. The van der Waals surface area contributed by atoms with E-state index in [0.717, 1.165) is 19.0 Å². The molecule has 2 amide bonds. The smallest absolute Gasteiger partial charge is 0.317 e. The van der Waals surface area contributed by atoms with E-state index in [0.29, 0.717) is 0 Å². The number of likely N-dealkylation sites (tertiary alicyclic amines) is 1. The maximum absolute atomic E-state index is 11.8. The monoisotopic (exact) mass is 194 g/mol. The van der Waals surface area contributed by atoms with Crippen molar-refractivity contribution in [2.45, 2.75) is 44.1 Å². The lowest BCUT2D eigenvalue weighted by atomic mass is 10.1. The molecule has 1 N–H and O–H groups in total. The minimum Gasteiger partial charge on any atom is -0.332 e. The van der Waals surface area contributed by atoms with E-state index in [2.05, 4.69) is 5.32 Å². The van der Waals surface area contributed by atoms with Crippen LogP contribution in [0.25, 0.3) is 0 Å². The summed E-state index contributed by atoms with van der Waals surface area (Å²) >= 11 is 0. The summed E-state index contributed by atoms with van der Waals surface area (Å²) in [5.74, 6) is 0.814. The van der Waals surface area contributed by atoms with Gasteiger partial charge in [-0.05, 0) is 44.4 Å². The first-order chi connectivity index (χ1) is 6.80. The second kappa shape index (κ2) is 2.88. The third-order valence-corrected chi connectivity index (χ3v) is 3.90. The number of carbonyl (C=O) groups excluding carboxylic acids is 1. The van der Waals surface area contributed by atoms with E-state index in [4.69, 9.17) is 0 Å². The molecule has 1 heterocycles. The summed E-state index contributed by atoms with van der Waals surface area (Å²) < 4.78 is 0. The summed E-state index contributed by atoms with van der Waals surface area (Å²) in [4.78, 5) is 13.8. The maximum atomic E-state index is 11.8. The molecule has 0 aromatic rings. The third kappa shape index (κ3) is 1.39. The van der Waals surface area contributed by atoms with Gasteiger partial charge in [0, 0.05) is 18.6 Å². The first-order valence-corrected chi connectivity index (χ1v) is 5.87. The standard InChI is InChI=1S/C11H18N2O/c14-10(13-7-1-2-8-13)12-11(5-6-11)9-3-4-9/h9H,1-8H2,(H,12,14). The van der Waals surface area contributed by atoms with Gasteiger partial charge in [-0.15, -0.1) is 0 Å². The molecule has 0 spiro atoms. The molecule has 0 aromatic carbocycles. The van der Waals surface area contributed by atoms with Gasteiger partial charge in [-0.3, -0.25) is 0 Å². The van der Waals surface area contributed by atoms with Crippen molar-refractivity contribution in [2.24, 2.45) is 5.92 Å². The zero-order valence-corrected chi connectivity index (χ0v) is 8.59. The van der Waals surface area contributed by atoms with E-state index in [1.54, 1.807) is 0 Å². The molecule has 0 atom stereocenters. The predicted molar refractivity (Wildman–Crippen MR) is 54.0 cm³/mol. The summed E-state index contributed by atoms with van der Waals surface area (Å²) in [6.07, 6.45) is 7.47. The van der Waals surface area contributed by atoms with Crippen LogP contribution >= 0.6 is 0 Å². The number of urea groups is 1. The van der Waals surface area contributed by atoms with E-state index in [-0.39, 0.29) is 11.6 Å². The van der Waals surface area contributed by atoms with Crippen molar-refractivity contribution >= 4 is 6.03 Å². The van der Waals surface area contributed by atoms with Crippen LogP contribution in [0.2, 0.25) is 0 Å². The van der Waals surface area contributed by atoms with E-state index < -0.39 is 0 Å². The fraction of sp³-hybridized carbons (Fsp3) is 0.909. The molecule has 2 aliphatic carbocycles. The normalized spacial score (nSPS) is 29.0. The van der Waals surface area contributed by atoms with E-state index in [1.807, 2.05) is 4.90 Å². The van der Waals surface area contributed by atoms with Crippen LogP contribution in [0.4, 0.5) is 4.79 Å². The molecule has 3 nitrogen and oxygen atoms in total. The average molecular weight is 194 g/mol. The molecule has 3 fully saturated rings. The summed E-state index contributed by atoms with van der Waals surface area (Å²) in [6, 6.07) is 0.201. The number of hydrogen-bond donors (Lipinski definition) is 1. The molecular weight excluding hydrogens is 176 g/mol. The zero-order valence-electron chi connectivity index (χ0n) is 8.59. The largest absolute Gasteiger partial charge is 0.332 e. The second-order valence-corrected chi connectivity index (χ2v) is 5.05. The van der Waals surface area contributed by atoms with Crippen molar-refractivity contribution in [1.82, 2.24) is 10.2 Å². The van der Waals surface area contributed by atoms with Gasteiger partial charge in [0.2, 0.25) is 0 Å². The SMILES string of the molecule is O=C(NC1(C2CC2)CC1)N1CCCC1. The Hall–Kier alpha value is -0.730. The van der Waals surface area contributed by atoms with Crippen molar-refractivity contribution in [3.05, 3.63) is 0 Å². The lowest BCUT2D eigenvalue weighted by Gasteiger charge is -2.22. The minimum absolute atomic E-state index is 0.201. The topological polar surface area (TPSA) is 32.3 Å². The van der Waals surface area contributed by atoms with Crippen LogP contribution in [0.15, 0.2) is 0 Å². The van der Waals surface area contributed by atoms with Gasteiger partial charge in [-0.25, -0.2) is 4.79 Å². The van der Waals surface area contributed by atoms with Gasteiger partial charge < -0.3 is 10.2 Å². The van der Waals surface area contributed by atoms with E-state index >= 15 is 0 Å². The van der Waals surface area contributed by atoms with Crippen molar-refractivity contribution in [1.29, 1.82) is 0 Å². The molecule has 0 radical (unpaired) electrons. The van der Waals surface area contributed by atoms with Gasteiger partial charge in [-0.1, -0.05) is 0 Å². The Morgan fingerprint density at radius 2 is 1.86 bits per heavy atom. The minimum atomic E-state index is 0.201. The molecule has 2 saturated carbocycles. The molecule has 78 valence electrons. The molecule has 3 heteroatoms. The molecule has 0 bridgehead atoms. The molecule has 14 heavy (non-hydrogen) atoms. The highest BCUT2D eigenvalue weighted by Gasteiger charge is 2.55. The molecule has 0 aromatic heterocycles. The van der Waals surface area contributed by atoms with Gasteiger partial charge in [0.25, 0.3) is 0 Å². The number of hydrogen-bond acceptors (Lipinski definition) is 1. The highest BCUT2D eigenvalue weighted by Crippen LogP contribution is 2.53. The first-order valence-electron chi connectivity index (χ1n) is 5.87. The van der Waals surface area contributed by atoms with Crippen molar-refractivity contribution < 1.29 is 4.79 Å². The van der Waals surface area contributed by atoms with Gasteiger partial charge in [0.15, 0.2) is 0 Å². The lowest BCUT2D eigenvalue weighted by molar-refractivity contribution is 0.201. The summed E-state index contributed by atoms with van der Waals surface area (Å²) in [5, 5.41) is 3.26. The average Bonchev–Trinajstić information content (AvgIpc) is 3.07. The Labute approximate surface area is 84.8 Å². The summed E-state index contributed by atoms with van der Waals surface area (Å²) in [7, 11) is 0. The molecule has 1 aliphatic heterocycles. The van der Waals surface area contributed by atoms with Crippen LogP contribution in [-0.2, 0) is 0 Å². The first kappa shape index (κ1) is 8.57. The molecular formula is C11H18N2O. The van der Waals surface area contributed by atoms with Crippen molar-refractivity contribution in [3.8, 4) is 0 Å². The Morgan fingerprint density at radius 3 is 2.36 bits per heavy atom. The zero-order chi connectivity index (χ0) is 9.60. The number of nitrogens with one attached hydrogen (secondary N) is 1. The predicted octanol–water partition coefficient (Wildman–Crippen LogP) is 1.73. The Balaban J connectivity index is 1.58. The van der Waals surface area contributed by atoms with Gasteiger partial charge >= 0.3 is 6.03 Å². The van der Waals surface area contributed by atoms with Crippen LogP contribution in [0.5, 0.6) is 0 Å². The molecule has 1 saturated heterocycles. The summed E-state index contributed by atoms with van der Waals surface area (Å²) in [6.45, 7) is 1.93. The molecule has 3 rings (SSSR count). The number of amides is 2. The fourth-order valence-corrected chi connectivity index (χ4v) is 2.62. The Kier molecular flexibility index (Phi) is 1.76. The van der Waals surface area contributed by atoms with Crippen LogP contribution in [-0.4, -0.2) is 29.6 Å². The number of rotatable bonds is 2. The van der Waals surface area contributed by atoms with Crippen LogP contribution in [0.1, 0.15) is 38.5 Å². The Morgan fingerprint density at radius 1 is 1.21 bits per heavy atom. The maximum Gasteiger partial charge on any atom is 0.317 e. The lowest BCUT2D eigenvalue weighted by Crippen LogP contribution is -2.46. The van der Waals surface area contributed by atoms with Gasteiger partial charge in [0.05, 0.1) is 0 Å². The van der Waals surface area contributed by atoms with Crippen LogP contribution < -0.4 is 5.32 Å². The van der Waals surface area contributed by atoms with Crippen molar-refractivity contribution in [3.63, 3.8) is 0 Å². The van der Waals surface area contributed by atoms with Gasteiger partial charge in [0.1, 0.15) is 0 Å². The van der Waals surface area contributed by atoms with Crippen LogP contribution in [0, 0.1) is 5.92 Å². The quantitative estimate of drug-likeness (QED) is 0.713. The van der Waals surface area contributed by atoms with E-state index in [1.165, 1.54) is 38.5 Å². The van der Waals surface area contributed by atoms with E-state index in [9.17, 15) is 4.79 Å². The summed E-state index contributed by atoms with van der Waals surface area (Å²) in [5.41, 5.74) is 0.250. The fourth-order valence-electron chi connectivity index (χ4n) is 2.62. The Bertz CT molecular complexity index is 250. The second-order valence-electron chi connectivity index (χ2n) is 5.05. The van der Waals surface area contributed by atoms with Crippen molar-refractivity contribution in [2.75, 3.05) is 13.1 Å². The third-order valence-electron chi connectivity index (χ3n) is 3.90.